The predicted octanol–water partition coefficient (Wildman–Crippen LogP) is 1.12. The molecule has 0 fully saturated rings. The fourth-order valence-corrected chi connectivity index (χ4v) is 3.22. The van der Waals surface area contributed by atoms with Crippen molar-refractivity contribution in [3.63, 3.8) is 0 Å². The highest BCUT2D eigenvalue weighted by molar-refractivity contribution is 7.89. The van der Waals surface area contributed by atoms with Crippen LogP contribution in [0, 0.1) is 10.1 Å². The van der Waals surface area contributed by atoms with Crippen LogP contribution in [-0.4, -0.2) is 32.4 Å². The number of carbonyl (C=O) groups excluding carboxylic acids is 2. The number of hydrogen-bond acceptors (Lipinski definition) is 7. The quantitative estimate of drug-likeness (QED) is 0.392. The molecule has 11 nitrogen and oxygen atoms in total. The van der Waals surface area contributed by atoms with Crippen molar-refractivity contribution in [3.8, 4) is 0 Å². The number of benzene rings is 2. The number of nitro groups is 1. The van der Waals surface area contributed by atoms with Gasteiger partial charge in [-0.3, -0.25) is 4.79 Å². The standard InChI is InChI=1S/C15H13ClN4O7S/c1-27-15(22)9-2-5-11(6-3-9)19(18-20(23)24)14(21)10-4-7-12(16)13(8-10)28(17,25)26/h2-8,18H,1H3,(H2,17,25,26). The number of nitrogens with two attached hydrogens (primary N) is 1. The summed E-state index contributed by atoms with van der Waals surface area (Å²) in [6, 6.07) is 8.31. The van der Waals surface area contributed by atoms with Crippen LogP contribution in [0.15, 0.2) is 47.4 Å². The number of anilines is 1. The zero-order chi connectivity index (χ0) is 21.1. The molecular formula is C15H13ClN4O7S. The maximum Gasteiger partial charge on any atom is 0.337 e. The summed E-state index contributed by atoms with van der Waals surface area (Å²) in [5.74, 6) is -1.61. The monoisotopic (exact) mass is 428 g/mol. The van der Waals surface area contributed by atoms with Gasteiger partial charge in [-0.05, 0) is 48.0 Å². The van der Waals surface area contributed by atoms with E-state index < -0.39 is 31.8 Å². The molecular weight excluding hydrogens is 416 g/mol. The Labute approximate surface area is 163 Å². The van der Waals surface area contributed by atoms with Crippen LogP contribution in [0.4, 0.5) is 5.69 Å². The van der Waals surface area contributed by atoms with Gasteiger partial charge in [0, 0.05) is 5.56 Å². The van der Waals surface area contributed by atoms with E-state index in [4.69, 9.17) is 16.7 Å². The molecule has 0 saturated carbocycles. The molecule has 0 bridgehead atoms. The van der Waals surface area contributed by atoms with Crippen molar-refractivity contribution in [1.82, 2.24) is 5.53 Å². The van der Waals surface area contributed by atoms with E-state index in [2.05, 4.69) is 4.74 Å². The fraction of sp³-hybridized carbons (Fsp3) is 0.0667. The third kappa shape index (κ3) is 4.73. The summed E-state index contributed by atoms with van der Waals surface area (Å²) in [5, 5.41) is 15.3. The summed E-state index contributed by atoms with van der Waals surface area (Å²) in [5.41, 5.74) is 1.63. The van der Waals surface area contributed by atoms with Crippen molar-refractivity contribution in [2.75, 3.05) is 12.1 Å². The van der Waals surface area contributed by atoms with Crippen LogP contribution in [0.2, 0.25) is 5.02 Å². The number of ether oxygens (including phenoxy) is 1. The molecule has 0 atom stereocenters. The Hall–Kier alpha value is -3.22. The van der Waals surface area contributed by atoms with Gasteiger partial charge in [-0.1, -0.05) is 11.6 Å². The minimum absolute atomic E-state index is 0.00135. The van der Waals surface area contributed by atoms with Crippen LogP contribution < -0.4 is 15.7 Å². The molecule has 1 amide bonds. The van der Waals surface area contributed by atoms with Crippen molar-refractivity contribution < 1.29 is 27.8 Å². The lowest BCUT2D eigenvalue weighted by molar-refractivity contribution is -0.544. The normalized spacial score (nSPS) is 10.8. The van der Waals surface area contributed by atoms with Gasteiger partial charge in [0.1, 0.15) is 4.90 Å². The summed E-state index contributed by atoms with van der Waals surface area (Å²) in [6.07, 6.45) is 0. The predicted molar refractivity (Wildman–Crippen MR) is 97.5 cm³/mol. The number of nitrogens with zero attached hydrogens (tertiary/aromatic N) is 2. The van der Waals surface area contributed by atoms with Crippen molar-refractivity contribution in [2.45, 2.75) is 4.90 Å². The molecule has 2 aromatic carbocycles. The smallest absolute Gasteiger partial charge is 0.337 e. The lowest BCUT2D eigenvalue weighted by atomic mass is 10.1. The van der Waals surface area contributed by atoms with Crippen LogP contribution in [0.1, 0.15) is 20.7 Å². The summed E-state index contributed by atoms with van der Waals surface area (Å²) in [6.45, 7) is 0. The number of esters is 1. The SMILES string of the molecule is COC(=O)c1ccc(N(N[N+](=O)[O-])C(=O)c2ccc(Cl)c(S(N)(=O)=O)c2)cc1. The summed E-state index contributed by atoms with van der Waals surface area (Å²) >= 11 is 5.78. The molecule has 148 valence electrons. The highest BCUT2D eigenvalue weighted by atomic mass is 35.5. The Morgan fingerprint density at radius 1 is 1.18 bits per heavy atom. The van der Waals surface area contributed by atoms with Gasteiger partial charge in [0.2, 0.25) is 10.0 Å². The molecule has 0 saturated heterocycles. The number of hydrogen-bond donors (Lipinski definition) is 2. The number of carbonyl (C=O) groups is 2. The van der Waals surface area contributed by atoms with E-state index in [1.807, 2.05) is 0 Å². The minimum Gasteiger partial charge on any atom is -0.465 e. The fourth-order valence-electron chi connectivity index (χ4n) is 2.15. The minimum atomic E-state index is -4.23. The lowest BCUT2D eigenvalue weighted by Gasteiger charge is -2.19. The Morgan fingerprint density at radius 3 is 2.25 bits per heavy atom. The van der Waals surface area contributed by atoms with E-state index in [9.17, 15) is 28.1 Å². The number of methoxy groups -OCH3 is 1. The van der Waals surface area contributed by atoms with E-state index in [0.717, 1.165) is 12.1 Å². The van der Waals surface area contributed by atoms with E-state index >= 15 is 0 Å². The molecule has 0 unspecified atom stereocenters. The van der Waals surface area contributed by atoms with Gasteiger partial charge in [-0.25, -0.2) is 28.5 Å². The average Bonchev–Trinajstić information content (AvgIpc) is 2.64. The lowest BCUT2D eigenvalue weighted by Crippen LogP contribution is -2.46. The topological polar surface area (TPSA) is 162 Å². The molecule has 28 heavy (non-hydrogen) atoms. The second-order valence-corrected chi connectivity index (χ2v) is 7.16. The zero-order valence-corrected chi connectivity index (χ0v) is 15.7. The largest absolute Gasteiger partial charge is 0.465 e. The maximum absolute atomic E-state index is 12.7. The number of rotatable bonds is 6. The molecule has 0 aliphatic heterocycles. The van der Waals surface area contributed by atoms with E-state index in [1.54, 1.807) is 5.53 Å². The van der Waals surface area contributed by atoms with Crippen molar-refractivity contribution >= 4 is 39.2 Å². The van der Waals surface area contributed by atoms with E-state index in [-0.39, 0.29) is 21.8 Å². The molecule has 2 rings (SSSR count). The molecule has 0 radical (unpaired) electrons. The van der Waals surface area contributed by atoms with Gasteiger partial charge in [0.25, 0.3) is 5.91 Å². The number of primary sulfonamides is 1. The van der Waals surface area contributed by atoms with Crippen LogP contribution in [-0.2, 0) is 14.8 Å². The Kier molecular flexibility index (Phi) is 6.18. The van der Waals surface area contributed by atoms with Gasteiger partial charge in [0.15, 0.2) is 5.03 Å². The number of nitrogens with one attached hydrogen (secondary N) is 1. The second-order valence-electron chi connectivity index (χ2n) is 5.23. The molecule has 0 aromatic heterocycles. The van der Waals surface area contributed by atoms with Gasteiger partial charge in [-0.15, -0.1) is 0 Å². The molecule has 0 aliphatic carbocycles. The first-order valence-corrected chi connectivity index (χ1v) is 9.23. The van der Waals surface area contributed by atoms with Crippen molar-refractivity contribution in [3.05, 3.63) is 68.7 Å². The first-order chi connectivity index (χ1) is 13.0. The number of hydrazine groups is 2. The average molecular weight is 429 g/mol. The first kappa shape index (κ1) is 21.1. The van der Waals surface area contributed by atoms with E-state index in [0.29, 0.717) is 5.01 Å². The van der Waals surface area contributed by atoms with Gasteiger partial charge < -0.3 is 4.74 Å². The highest BCUT2D eigenvalue weighted by Crippen LogP contribution is 2.23. The molecule has 0 spiro atoms. The molecule has 0 heterocycles. The van der Waals surface area contributed by atoms with E-state index in [1.165, 1.54) is 37.4 Å². The van der Waals surface area contributed by atoms with Crippen LogP contribution in [0.3, 0.4) is 0 Å². The summed E-state index contributed by atoms with van der Waals surface area (Å²) < 4.78 is 27.7. The molecule has 2 aromatic rings. The number of halogens is 1. The third-order valence-corrected chi connectivity index (χ3v) is 4.81. The molecule has 13 heteroatoms. The Morgan fingerprint density at radius 2 is 1.75 bits per heavy atom. The second kappa shape index (κ2) is 8.21. The number of amides is 1. The summed E-state index contributed by atoms with van der Waals surface area (Å²) in [7, 11) is -3.04. The Balaban J connectivity index is 2.47. The Bertz CT molecular complexity index is 1040. The maximum atomic E-state index is 12.7. The van der Waals surface area contributed by atoms with Gasteiger partial charge >= 0.3 is 5.97 Å². The number of sulfonamides is 1. The molecule has 3 N–H and O–H groups in total. The molecule has 0 aliphatic rings. The first-order valence-electron chi connectivity index (χ1n) is 7.30. The third-order valence-electron chi connectivity index (χ3n) is 3.42. The van der Waals surface area contributed by atoms with Crippen LogP contribution in [0.25, 0.3) is 0 Å². The van der Waals surface area contributed by atoms with Gasteiger partial charge in [-0.2, -0.15) is 5.01 Å². The van der Waals surface area contributed by atoms with Crippen LogP contribution in [0.5, 0.6) is 0 Å². The van der Waals surface area contributed by atoms with Crippen LogP contribution >= 0.6 is 11.6 Å². The zero-order valence-electron chi connectivity index (χ0n) is 14.2. The highest BCUT2D eigenvalue weighted by Gasteiger charge is 2.24. The van der Waals surface area contributed by atoms with Crippen molar-refractivity contribution in [1.29, 1.82) is 0 Å². The summed E-state index contributed by atoms with van der Waals surface area (Å²) in [4.78, 5) is 34.6. The van der Waals surface area contributed by atoms with Crippen molar-refractivity contribution in [2.24, 2.45) is 5.14 Å². The van der Waals surface area contributed by atoms with Gasteiger partial charge in [0.05, 0.1) is 23.4 Å².